The minimum Gasteiger partial charge on any atom is -0.496 e. The van der Waals surface area contributed by atoms with Gasteiger partial charge in [0, 0.05) is 13.1 Å². The second kappa shape index (κ2) is 8.04. The summed E-state index contributed by atoms with van der Waals surface area (Å²) >= 11 is 0. The molecule has 112 valence electrons. The van der Waals surface area contributed by atoms with Gasteiger partial charge in [-0.25, -0.2) is 0 Å². The van der Waals surface area contributed by atoms with E-state index in [-0.39, 0.29) is 0 Å². The van der Waals surface area contributed by atoms with Crippen molar-refractivity contribution < 1.29 is 4.74 Å². The third-order valence-corrected chi connectivity index (χ3v) is 2.98. The van der Waals surface area contributed by atoms with Crippen LogP contribution in [0.5, 0.6) is 5.75 Å². The summed E-state index contributed by atoms with van der Waals surface area (Å²) in [7, 11) is 1.68. The molecule has 0 saturated heterocycles. The van der Waals surface area contributed by atoms with Crippen LogP contribution >= 0.6 is 0 Å². The molecule has 0 aliphatic carbocycles. The first-order valence-corrected chi connectivity index (χ1v) is 7.13. The molecule has 2 rings (SSSR count). The molecule has 6 heteroatoms. The number of hydrogen-bond acceptors (Lipinski definition) is 6. The molecule has 0 amide bonds. The number of benzene rings is 1. The van der Waals surface area contributed by atoms with Gasteiger partial charge in [0.2, 0.25) is 5.95 Å². The number of nitrogens with zero attached hydrogens (tertiary/aromatic N) is 3. The number of anilines is 2. The van der Waals surface area contributed by atoms with Crippen molar-refractivity contribution in [3.8, 4) is 5.75 Å². The van der Waals surface area contributed by atoms with Crippen molar-refractivity contribution >= 4 is 11.8 Å². The van der Waals surface area contributed by atoms with Gasteiger partial charge in [0.05, 0.1) is 13.3 Å². The van der Waals surface area contributed by atoms with E-state index in [9.17, 15) is 0 Å². The Morgan fingerprint density at radius 2 is 2.00 bits per heavy atom. The van der Waals surface area contributed by atoms with E-state index in [2.05, 4.69) is 38.8 Å². The Bertz CT molecular complexity index is 561. The van der Waals surface area contributed by atoms with Crippen molar-refractivity contribution in [2.24, 2.45) is 0 Å². The Labute approximate surface area is 125 Å². The van der Waals surface area contributed by atoms with Crippen molar-refractivity contribution in [3.63, 3.8) is 0 Å². The van der Waals surface area contributed by atoms with Crippen LogP contribution in [0, 0.1) is 0 Å². The van der Waals surface area contributed by atoms with Crippen LogP contribution in [-0.2, 0) is 6.42 Å². The first-order chi connectivity index (χ1) is 10.3. The van der Waals surface area contributed by atoms with Gasteiger partial charge in [0.25, 0.3) is 0 Å². The lowest BCUT2D eigenvalue weighted by Gasteiger charge is -2.09. The zero-order chi connectivity index (χ0) is 14.9. The molecule has 0 spiro atoms. The summed E-state index contributed by atoms with van der Waals surface area (Å²) in [6.07, 6.45) is 3.50. The molecule has 0 aliphatic heterocycles. The lowest BCUT2D eigenvalue weighted by Crippen LogP contribution is -2.11. The maximum absolute atomic E-state index is 5.33. The van der Waals surface area contributed by atoms with Gasteiger partial charge in [-0.15, -0.1) is 5.10 Å². The Kier molecular flexibility index (Phi) is 5.75. The van der Waals surface area contributed by atoms with Crippen molar-refractivity contribution in [2.75, 3.05) is 30.8 Å². The lowest BCUT2D eigenvalue weighted by atomic mass is 10.1. The molecular formula is C15H21N5O. The van der Waals surface area contributed by atoms with Crippen LogP contribution in [0.15, 0.2) is 30.5 Å². The van der Waals surface area contributed by atoms with Crippen molar-refractivity contribution in [1.82, 2.24) is 15.2 Å². The molecule has 1 heterocycles. The molecule has 0 bridgehead atoms. The second-order valence-corrected chi connectivity index (χ2v) is 4.58. The quantitative estimate of drug-likeness (QED) is 0.776. The number of aromatic nitrogens is 3. The maximum atomic E-state index is 5.33. The van der Waals surface area contributed by atoms with Gasteiger partial charge in [0.15, 0.2) is 0 Å². The molecule has 21 heavy (non-hydrogen) atoms. The summed E-state index contributed by atoms with van der Waals surface area (Å²) in [5.74, 6) is 2.18. The van der Waals surface area contributed by atoms with Gasteiger partial charge < -0.3 is 15.4 Å². The standard InChI is InChI=1S/C15H21N5O/c1-3-9-16-14-11-18-20-15(19-14)17-10-8-12-6-4-5-7-13(12)21-2/h4-7,11H,3,8-10H2,1-2H3,(H2,16,17,19,20). The van der Waals surface area contributed by atoms with E-state index in [0.29, 0.717) is 5.95 Å². The Morgan fingerprint density at radius 1 is 1.14 bits per heavy atom. The molecule has 0 saturated carbocycles. The predicted octanol–water partition coefficient (Wildman–Crippen LogP) is 2.36. The minimum absolute atomic E-state index is 0.533. The molecule has 2 aromatic rings. The first kappa shape index (κ1) is 15.0. The number of nitrogens with one attached hydrogen (secondary N) is 2. The Balaban J connectivity index is 1.88. The van der Waals surface area contributed by atoms with Gasteiger partial charge in [0.1, 0.15) is 11.6 Å². The Morgan fingerprint density at radius 3 is 2.81 bits per heavy atom. The summed E-state index contributed by atoms with van der Waals surface area (Å²) in [6.45, 7) is 3.70. The number of hydrogen-bond donors (Lipinski definition) is 2. The van der Waals surface area contributed by atoms with E-state index in [1.807, 2.05) is 18.2 Å². The van der Waals surface area contributed by atoms with Crippen LogP contribution in [0.25, 0.3) is 0 Å². The van der Waals surface area contributed by atoms with Gasteiger partial charge in [-0.3, -0.25) is 0 Å². The third kappa shape index (κ3) is 4.59. The first-order valence-electron chi connectivity index (χ1n) is 7.13. The van der Waals surface area contributed by atoms with E-state index in [1.165, 1.54) is 0 Å². The van der Waals surface area contributed by atoms with Crippen molar-refractivity contribution in [1.29, 1.82) is 0 Å². The number of rotatable bonds is 8. The van der Waals surface area contributed by atoms with Crippen LogP contribution < -0.4 is 15.4 Å². The fourth-order valence-electron chi connectivity index (χ4n) is 1.94. The zero-order valence-corrected chi connectivity index (χ0v) is 12.5. The van der Waals surface area contributed by atoms with Crippen molar-refractivity contribution in [2.45, 2.75) is 19.8 Å². The highest BCUT2D eigenvalue weighted by molar-refractivity contribution is 5.38. The third-order valence-electron chi connectivity index (χ3n) is 2.98. The van der Waals surface area contributed by atoms with E-state index in [4.69, 9.17) is 4.74 Å². The van der Waals surface area contributed by atoms with Crippen LogP contribution in [-0.4, -0.2) is 35.4 Å². The Hall–Kier alpha value is -2.37. The molecule has 0 atom stereocenters. The van der Waals surface area contributed by atoms with Crippen LogP contribution in [0.4, 0.5) is 11.8 Å². The van der Waals surface area contributed by atoms with Crippen molar-refractivity contribution in [3.05, 3.63) is 36.0 Å². The SMILES string of the molecule is CCCNc1cnnc(NCCc2ccccc2OC)n1. The van der Waals surface area contributed by atoms with Crippen LogP contribution in [0.2, 0.25) is 0 Å². The highest BCUT2D eigenvalue weighted by Gasteiger charge is 2.03. The molecule has 6 nitrogen and oxygen atoms in total. The summed E-state index contributed by atoms with van der Waals surface area (Å²) in [4.78, 5) is 4.36. The summed E-state index contributed by atoms with van der Waals surface area (Å²) in [6, 6.07) is 7.98. The summed E-state index contributed by atoms with van der Waals surface area (Å²) in [5.41, 5.74) is 1.15. The van der Waals surface area contributed by atoms with Gasteiger partial charge in [-0.2, -0.15) is 10.1 Å². The van der Waals surface area contributed by atoms with E-state index in [1.54, 1.807) is 13.3 Å². The topological polar surface area (TPSA) is 72.0 Å². The monoisotopic (exact) mass is 287 g/mol. The number of ether oxygens (including phenoxy) is 1. The van der Waals surface area contributed by atoms with E-state index < -0.39 is 0 Å². The van der Waals surface area contributed by atoms with E-state index in [0.717, 1.165) is 43.1 Å². The highest BCUT2D eigenvalue weighted by Crippen LogP contribution is 2.17. The van der Waals surface area contributed by atoms with Gasteiger partial charge in [-0.1, -0.05) is 25.1 Å². The summed E-state index contributed by atoms with van der Waals surface area (Å²) in [5, 5.41) is 14.3. The number of methoxy groups -OCH3 is 1. The fourth-order valence-corrected chi connectivity index (χ4v) is 1.94. The average molecular weight is 287 g/mol. The van der Waals surface area contributed by atoms with Crippen LogP contribution in [0.1, 0.15) is 18.9 Å². The van der Waals surface area contributed by atoms with Gasteiger partial charge >= 0.3 is 0 Å². The predicted molar refractivity (Wildman–Crippen MR) is 83.8 cm³/mol. The maximum Gasteiger partial charge on any atom is 0.244 e. The average Bonchev–Trinajstić information content (AvgIpc) is 2.54. The lowest BCUT2D eigenvalue weighted by molar-refractivity contribution is 0.410. The second-order valence-electron chi connectivity index (χ2n) is 4.58. The smallest absolute Gasteiger partial charge is 0.244 e. The minimum atomic E-state index is 0.533. The molecule has 2 N–H and O–H groups in total. The van der Waals surface area contributed by atoms with E-state index >= 15 is 0 Å². The highest BCUT2D eigenvalue weighted by atomic mass is 16.5. The molecule has 0 radical (unpaired) electrons. The largest absolute Gasteiger partial charge is 0.496 e. The molecule has 0 fully saturated rings. The normalized spacial score (nSPS) is 10.2. The molecule has 0 unspecified atom stereocenters. The molecule has 1 aromatic carbocycles. The molecule has 1 aromatic heterocycles. The summed E-state index contributed by atoms with van der Waals surface area (Å²) < 4.78 is 5.33. The van der Waals surface area contributed by atoms with Gasteiger partial charge in [-0.05, 0) is 24.5 Å². The molecular weight excluding hydrogens is 266 g/mol. The number of para-hydroxylation sites is 1. The van der Waals surface area contributed by atoms with Crippen LogP contribution in [0.3, 0.4) is 0 Å². The molecule has 0 aliphatic rings. The zero-order valence-electron chi connectivity index (χ0n) is 12.5. The fraction of sp³-hybridized carbons (Fsp3) is 0.400.